The van der Waals surface area contributed by atoms with E-state index in [1.165, 1.54) is 6.21 Å². The van der Waals surface area contributed by atoms with E-state index >= 15 is 0 Å². The standard InChI is InChI=1S/C41H40ClN5O7/c1-45-25-30(35(26-45)33-23-31(42)11-14-37(33)48)10-7-28-8-12-32(13-9-28)44-38(49)36-27-54-41(15-19-52-20-16-41)47(36)39(50)34(29-5-3-2-4-6-29)24-43-40(51)46-17-21-53-22-18-46/h2-6,8-9,11-14,23-26,34,36,48H,15-22,27H2,1H3,(H,44,49)/b43-24+/t34?,36-/m0/s1. The van der Waals surface area contributed by atoms with Crippen molar-refractivity contribution in [2.24, 2.45) is 12.0 Å². The van der Waals surface area contributed by atoms with Gasteiger partial charge >= 0.3 is 6.03 Å². The summed E-state index contributed by atoms with van der Waals surface area (Å²) in [4.78, 5) is 49.1. The van der Waals surface area contributed by atoms with Gasteiger partial charge in [-0.1, -0.05) is 53.8 Å². The van der Waals surface area contributed by atoms with E-state index in [9.17, 15) is 19.5 Å². The van der Waals surface area contributed by atoms with Crippen molar-refractivity contribution in [1.82, 2.24) is 14.4 Å². The summed E-state index contributed by atoms with van der Waals surface area (Å²) in [6.07, 6.45) is 5.91. The topological polar surface area (TPSA) is 135 Å². The number of amides is 4. The number of rotatable bonds is 6. The lowest BCUT2D eigenvalue weighted by Gasteiger charge is -2.42. The Morgan fingerprint density at radius 3 is 2.41 bits per heavy atom. The van der Waals surface area contributed by atoms with E-state index in [4.69, 9.17) is 25.8 Å². The summed E-state index contributed by atoms with van der Waals surface area (Å²) in [5, 5.41) is 13.9. The second kappa shape index (κ2) is 16.3. The molecule has 0 bridgehead atoms. The number of benzene rings is 3. The van der Waals surface area contributed by atoms with Crippen LogP contribution in [0.5, 0.6) is 5.75 Å². The van der Waals surface area contributed by atoms with Crippen LogP contribution < -0.4 is 5.32 Å². The Balaban J connectivity index is 1.11. The van der Waals surface area contributed by atoms with Crippen molar-refractivity contribution in [2.75, 3.05) is 51.4 Å². The number of urea groups is 1. The van der Waals surface area contributed by atoms with Gasteiger partial charge in [-0.2, -0.15) is 0 Å². The van der Waals surface area contributed by atoms with Crippen molar-refractivity contribution >= 4 is 41.3 Å². The fourth-order valence-corrected chi connectivity index (χ4v) is 7.16. The fraction of sp³-hybridized carbons (Fsp3) is 0.317. The summed E-state index contributed by atoms with van der Waals surface area (Å²) < 4.78 is 19.2. The Morgan fingerprint density at radius 2 is 1.67 bits per heavy atom. The third kappa shape index (κ3) is 8.05. The number of aliphatic imine (C=N–C) groups is 1. The lowest BCUT2D eigenvalue weighted by molar-refractivity contribution is -0.170. The van der Waals surface area contributed by atoms with E-state index in [1.807, 2.05) is 42.2 Å². The number of anilines is 1. The molecule has 3 aromatic carbocycles. The number of hydrogen-bond acceptors (Lipinski definition) is 7. The first-order chi connectivity index (χ1) is 26.2. The first-order valence-corrected chi connectivity index (χ1v) is 18.2. The van der Waals surface area contributed by atoms with Crippen molar-refractivity contribution in [3.05, 3.63) is 107 Å². The van der Waals surface area contributed by atoms with Gasteiger partial charge in [-0.3, -0.25) is 14.5 Å². The Labute approximate surface area is 318 Å². The first kappa shape index (κ1) is 36.9. The number of nitrogens with zero attached hydrogens (tertiary/aromatic N) is 4. The van der Waals surface area contributed by atoms with E-state index in [-0.39, 0.29) is 12.4 Å². The second-order valence-corrected chi connectivity index (χ2v) is 13.8. The molecule has 1 aromatic heterocycles. The van der Waals surface area contributed by atoms with E-state index in [0.717, 1.165) is 5.56 Å². The molecule has 1 unspecified atom stereocenters. The molecule has 4 heterocycles. The fourth-order valence-electron chi connectivity index (χ4n) is 6.99. The number of carbonyl (C=O) groups excluding carboxylic acids is 3. The molecule has 3 aliphatic rings. The highest BCUT2D eigenvalue weighted by Crippen LogP contribution is 2.39. The quantitative estimate of drug-likeness (QED) is 0.198. The zero-order valence-electron chi connectivity index (χ0n) is 29.7. The summed E-state index contributed by atoms with van der Waals surface area (Å²) in [7, 11) is 1.88. The minimum atomic E-state index is -1.05. The molecule has 12 nitrogen and oxygen atoms in total. The van der Waals surface area contributed by atoms with Gasteiger partial charge in [0.25, 0.3) is 0 Å². The first-order valence-electron chi connectivity index (χ1n) is 17.8. The number of aromatic hydroxyl groups is 1. The highest BCUT2D eigenvalue weighted by Gasteiger charge is 2.54. The van der Waals surface area contributed by atoms with Gasteiger partial charge in [0.15, 0.2) is 0 Å². The zero-order valence-corrected chi connectivity index (χ0v) is 30.5. The number of aromatic nitrogens is 1. The smallest absolute Gasteiger partial charge is 0.343 e. The largest absolute Gasteiger partial charge is 0.507 e. The van der Waals surface area contributed by atoms with E-state index in [1.54, 1.807) is 64.4 Å². The molecule has 7 rings (SSSR count). The summed E-state index contributed by atoms with van der Waals surface area (Å²) >= 11 is 6.20. The van der Waals surface area contributed by atoms with Gasteiger partial charge in [-0.05, 0) is 48.0 Å². The monoisotopic (exact) mass is 749 g/mol. The van der Waals surface area contributed by atoms with Gasteiger partial charge in [-0.15, -0.1) is 0 Å². The third-order valence-electron chi connectivity index (χ3n) is 9.81. The normalized spacial score (nSPS) is 18.7. The highest BCUT2D eigenvalue weighted by molar-refractivity contribution is 6.31. The maximum Gasteiger partial charge on any atom is 0.343 e. The van der Waals surface area contributed by atoms with Crippen LogP contribution in [0.15, 0.2) is 90.2 Å². The van der Waals surface area contributed by atoms with Crippen LogP contribution in [-0.4, -0.2) is 101 Å². The number of phenols is 1. The Hall–Kier alpha value is -5.45. The molecule has 4 amide bonds. The van der Waals surface area contributed by atoms with Crippen LogP contribution in [0.25, 0.3) is 11.1 Å². The van der Waals surface area contributed by atoms with Crippen LogP contribution in [-0.2, 0) is 30.8 Å². The highest BCUT2D eigenvalue weighted by atomic mass is 35.5. The summed E-state index contributed by atoms with van der Waals surface area (Å²) in [5.74, 6) is 4.71. The molecule has 0 aliphatic carbocycles. The van der Waals surface area contributed by atoms with Crippen LogP contribution in [0.1, 0.15) is 35.4 Å². The number of carbonyl (C=O) groups is 3. The number of morpholine rings is 1. The Kier molecular flexibility index (Phi) is 11.1. The molecule has 2 N–H and O–H groups in total. The van der Waals surface area contributed by atoms with Crippen molar-refractivity contribution in [3.8, 4) is 28.7 Å². The van der Waals surface area contributed by atoms with Gasteiger partial charge in [-0.25, -0.2) is 9.79 Å². The molecule has 3 fully saturated rings. The molecule has 54 heavy (non-hydrogen) atoms. The molecule has 1 spiro atoms. The van der Waals surface area contributed by atoms with Crippen LogP contribution in [0.4, 0.5) is 10.5 Å². The van der Waals surface area contributed by atoms with E-state index < -0.39 is 35.5 Å². The number of phenolic OH excluding ortho intramolecular Hbond substituents is 1. The summed E-state index contributed by atoms with van der Waals surface area (Å²) in [6.45, 7) is 2.42. The van der Waals surface area contributed by atoms with Crippen LogP contribution in [0.2, 0.25) is 5.02 Å². The van der Waals surface area contributed by atoms with Gasteiger partial charge in [0, 0.05) is 79.0 Å². The van der Waals surface area contributed by atoms with Crippen molar-refractivity contribution in [2.45, 2.75) is 30.5 Å². The lowest BCUT2D eigenvalue weighted by atomic mass is 9.94. The number of halogens is 1. The molecule has 278 valence electrons. The molecule has 2 atom stereocenters. The van der Waals surface area contributed by atoms with Crippen LogP contribution in [0, 0.1) is 11.8 Å². The molecule has 0 saturated carbocycles. The summed E-state index contributed by atoms with van der Waals surface area (Å²) in [5.41, 5.74) is 2.86. The van der Waals surface area contributed by atoms with Gasteiger partial charge in [0.05, 0.1) is 44.5 Å². The van der Waals surface area contributed by atoms with E-state index in [2.05, 4.69) is 22.2 Å². The number of hydrogen-bond donors (Lipinski definition) is 2. The summed E-state index contributed by atoms with van der Waals surface area (Å²) in [6, 6.07) is 19.7. The average molecular weight is 750 g/mol. The maximum atomic E-state index is 14.7. The molecule has 3 saturated heterocycles. The minimum absolute atomic E-state index is 0.00587. The van der Waals surface area contributed by atoms with Crippen molar-refractivity contribution < 1.29 is 33.7 Å². The number of aryl methyl sites for hydroxylation is 1. The molecular formula is C41H40ClN5O7. The van der Waals surface area contributed by atoms with E-state index in [0.29, 0.717) is 85.3 Å². The predicted molar refractivity (Wildman–Crippen MR) is 203 cm³/mol. The molecule has 4 aromatic rings. The van der Waals surface area contributed by atoms with Crippen molar-refractivity contribution in [1.29, 1.82) is 0 Å². The zero-order chi connectivity index (χ0) is 37.7. The number of ether oxygens (including phenoxy) is 3. The van der Waals surface area contributed by atoms with Gasteiger partial charge < -0.3 is 34.1 Å². The maximum absolute atomic E-state index is 14.7. The molecular weight excluding hydrogens is 710 g/mol. The Morgan fingerprint density at radius 1 is 0.944 bits per heavy atom. The number of nitrogens with one attached hydrogen (secondary N) is 1. The second-order valence-electron chi connectivity index (χ2n) is 13.4. The molecule has 3 aliphatic heterocycles. The predicted octanol–water partition coefficient (Wildman–Crippen LogP) is 5.43. The van der Waals surface area contributed by atoms with Gasteiger partial charge in [0.1, 0.15) is 17.5 Å². The average Bonchev–Trinajstić information content (AvgIpc) is 3.75. The lowest BCUT2D eigenvalue weighted by Crippen LogP contribution is -2.58. The van der Waals surface area contributed by atoms with Crippen molar-refractivity contribution in [3.63, 3.8) is 0 Å². The van der Waals surface area contributed by atoms with Crippen LogP contribution in [0.3, 0.4) is 0 Å². The minimum Gasteiger partial charge on any atom is -0.507 e. The van der Waals surface area contributed by atoms with Crippen LogP contribution >= 0.6 is 11.6 Å². The van der Waals surface area contributed by atoms with Gasteiger partial charge in [0.2, 0.25) is 11.8 Å². The molecule has 0 radical (unpaired) electrons. The SMILES string of the molecule is Cn1cc(C#Cc2ccc(NC(=O)[C@@H]3COC4(CCOCC4)N3C(=O)C(/C=N/C(=O)N3CCOCC3)c3ccccc3)cc2)c(-c2cc(Cl)ccc2O)c1. The Bertz CT molecular complexity index is 2100. The molecule has 13 heteroatoms. The third-order valence-corrected chi connectivity index (χ3v) is 10.0.